The number of halogens is 1. The Hall–Kier alpha value is -1.16. The third-order valence-corrected chi connectivity index (χ3v) is 7.44. The van der Waals surface area contributed by atoms with E-state index in [0.717, 1.165) is 51.5 Å². The van der Waals surface area contributed by atoms with Crippen LogP contribution in [0.3, 0.4) is 0 Å². The van der Waals surface area contributed by atoms with Crippen LogP contribution in [0.2, 0.25) is 0 Å². The van der Waals surface area contributed by atoms with Crippen LogP contribution in [0.4, 0.5) is 0 Å². The number of hydrogen-bond donors (Lipinski definition) is 2. The molecular formula is C24H36IN5S. The van der Waals surface area contributed by atoms with E-state index in [1.807, 2.05) is 18.4 Å². The smallest absolute Gasteiger partial charge is 0.191 e. The molecule has 1 aromatic carbocycles. The van der Waals surface area contributed by atoms with Crippen LogP contribution in [0, 0.1) is 0 Å². The molecule has 3 heterocycles. The molecule has 1 saturated heterocycles. The van der Waals surface area contributed by atoms with Crippen LogP contribution in [0.15, 0.2) is 46.8 Å². The summed E-state index contributed by atoms with van der Waals surface area (Å²) in [6.07, 6.45) is 3.50. The molecule has 0 spiro atoms. The maximum Gasteiger partial charge on any atom is 0.191 e. The van der Waals surface area contributed by atoms with Gasteiger partial charge in [-0.15, -0.1) is 35.3 Å². The Morgan fingerprint density at radius 2 is 2.03 bits per heavy atom. The number of likely N-dealkylation sites (tertiary alicyclic amines) is 1. The molecule has 0 bridgehead atoms. The lowest BCUT2D eigenvalue weighted by Gasteiger charge is -2.38. The topological polar surface area (TPSA) is 42.9 Å². The van der Waals surface area contributed by atoms with Gasteiger partial charge in [0.05, 0.1) is 0 Å². The molecule has 2 atom stereocenters. The lowest BCUT2D eigenvalue weighted by molar-refractivity contribution is 0.134. The first-order valence-corrected chi connectivity index (χ1v) is 12.1. The zero-order valence-corrected chi connectivity index (χ0v) is 21.9. The summed E-state index contributed by atoms with van der Waals surface area (Å²) < 4.78 is 0. The second-order valence-electron chi connectivity index (χ2n) is 8.56. The molecule has 2 aliphatic rings. The summed E-state index contributed by atoms with van der Waals surface area (Å²) in [5.41, 5.74) is 2.92. The Balaban J connectivity index is 0.00000272. The Bertz CT molecular complexity index is 824. The van der Waals surface area contributed by atoms with E-state index in [1.54, 1.807) is 4.88 Å². The number of rotatable bonds is 6. The van der Waals surface area contributed by atoms with E-state index < -0.39 is 0 Å². The minimum Gasteiger partial charge on any atom is -0.355 e. The van der Waals surface area contributed by atoms with Crippen molar-refractivity contribution in [2.75, 3.05) is 33.2 Å². The normalized spacial score (nSPS) is 22.5. The van der Waals surface area contributed by atoms with Crippen LogP contribution < -0.4 is 10.6 Å². The van der Waals surface area contributed by atoms with E-state index in [4.69, 9.17) is 0 Å². The molecule has 5 nitrogen and oxygen atoms in total. The molecule has 2 aromatic rings. The monoisotopic (exact) mass is 553 g/mol. The van der Waals surface area contributed by atoms with Crippen molar-refractivity contribution < 1.29 is 0 Å². The van der Waals surface area contributed by atoms with E-state index in [2.05, 4.69) is 74.1 Å². The number of aliphatic imine (C=N–C) groups is 1. The molecule has 2 N–H and O–H groups in total. The summed E-state index contributed by atoms with van der Waals surface area (Å²) in [5.74, 6) is 0.942. The first-order valence-electron chi connectivity index (χ1n) is 11.2. The van der Waals surface area contributed by atoms with E-state index in [-0.39, 0.29) is 24.0 Å². The standard InChI is InChI=1S/C24H35N5S.HI/c1-19-16-22(8-13-29(19)17-20-6-4-3-5-7-20)27-24(25-2)26-11-14-28-12-9-23-21(18-28)10-15-30-23;/h3-7,10,15,19,22H,8-9,11-14,16-18H2,1-2H3,(H2,25,26,27);1H. The van der Waals surface area contributed by atoms with Crippen molar-refractivity contribution in [3.8, 4) is 0 Å². The van der Waals surface area contributed by atoms with Gasteiger partial charge in [-0.25, -0.2) is 0 Å². The van der Waals surface area contributed by atoms with Gasteiger partial charge in [0, 0.05) is 63.3 Å². The van der Waals surface area contributed by atoms with Gasteiger partial charge in [0.15, 0.2) is 5.96 Å². The first kappa shape index (κ1) is 24.5. The van der Waals surface area contributed by atoms with E-state index in [1.165, 1.54) is 24.1 Å². The van der Waals surface area contributed by atoms with Crippen LogP contribution in [-0.4, -0.2) is 61.1 Å². The van der Waals surface area contributed by atoms with Gasteiger partial charge in [0.1, 0.15) is 0 Å². The van der Waals surface area contributed by atoms with Crippen LogP contribution in [0.1, 0.15) is 35.8 Å². The van der Waals surface area contributed by atoms with Crippen LogP contribution in [-0.2, 0) is 19.5 Å². The van der Waals surface area contributed by atoms with Gasteiger partial charge in [-0.2, -0.15) is 0 Å². The van der Waals surface area contributed by atoms with Gasteiger partial charge in [-0.3, -0.25) is 14.8 Å². The maximum atomic E-state index is 4.47. The summed E-state index contributed by atoms with van der Waals surface area (Å²) in [6.45, 7) is 8.76. The van der Waals surface area contributed by atoms with Gasteiger partial charge in [-0.1, -0.05) is 30.3 Å². The zero-order valence-electron chi connectivity index (χ0n) is 18.7. The van der Waals surface area contributed by atoms with E-state index >= 15 is 0 Å². The van der Waals surface area contributed by atoms with Crippen molar-refractivity contribution in [2.45, 2.75) is 51.4 Å². The molecule has 0 aliphatic carbocycles. The molecular weight excluding hydrogens is 517 g/mol. The maximum absolute atomic E-state index is 4.47. The van der Waals surface area contributed by atoms with Crippen molar-refractivity contribution >= 4 is 41.3 Å². The number of thiophene rings is 1. The van der Waals surface area contributed by atoms with E-state index in [9.17, 15) is 0 Å². The highest BCUT2D eigenvalue weighted by atomic mass is 127. The van der Waals surface area contributed by atoms with Crippen molar-refractivity contribution in [1.82, 2.24) is 20.4 Å². The molecule has 2 aliphatic heterocycles. The lowest BCUT2D eigenvalue weighted by Crippen LogP contribution is -2.52. The molecule has 0 saturated carbocycles. The Morgan fingerprint density at radius 1 is 1.19 bits per heavy atom. The van der Waals surface area contributed by atoms with Crippen LogP contribution in [0.25, 0.3) is 0 Å². The number of benzene rings is 1. The molecule has 1 aromatic heterocycles. The fourth-order valence-electron chi connectivity index (χ4n) is 4.62. The Kier molecular flexibility index (Phi) is 9.62. The highest BCUT2D eigenvalue weighted by Crippen LogP contribution is 2.23. The first-order chi connectivity index (χ1) is 14.7. The van der Waals surface area contributed by atoms with Gasteiger partial charge in [0.2, 0.25) is 0 Å². The van der Waals surface area contributed by atoms with Crippen molar-refractivity contribution in [3.63, 3.8) is 0 Å². The minimum atomic E-state index is 0. The number of fused-ring (bicyclic) bond motifs is 1. The van der Waals surface area contributed by atoms with Crippen molar-refractivity contribution in [3.05, 3.63) is 57.8 Å². The number of piperidine rings is 1. The summed E-state index contributed by atoms with van der Waals surface area (Å²) in [6, 6.07) is 14.1. The second-order valence-corrected chi connectivity index (χ2v) is 9.57. The highest BCUT2D eigenvalue weighted by molar-refractivity contribution is 14.0. The summed E-state index contributed by atoms with van der Waals surface area (Å²) >= 11 is 1.90. The van der Waals surface area contributed by atoms with Crippen molar-refractivity contribution in [1.29, 1.82) is 0 Å². The number of nitrogens with zero attached hydrogens (tertiary/aromatic N) is 3. The Morgan fingerprint density at radius 3 is 2.81 bits per heavy atom. The minimum absolute atomic E-state index is 0. The second kappa shape index (κ2) is 12.2. The largest absolute Gasteiger partial charge is 0.355 e. The predicted octanol–water partition coefficient (Wildman–Crippen LogP) is 3.94. The fraction of sp³-hybridized carbons (Fsp3) is 0.542. The van der Waals surface area contributed by atoms with Gasteiger partial charge in [0.25, 0.3) is 0 Å². The van der Waals surface area contributed by atoms with Crippen LogP contribution >= 0.6 is 35.3 Å². The third kappa shape index (κ3) is 6.91. The zero-order chi connectivity index (χ0) is 20.8. The van der Waals surface area contributed by atoms with Gasteiger partial charge < -0.3 is 10.6 Å². The number of guanidine groups is 1. The quantitative estimate of drug-likeness (QED) is 0.323. The summed E-state index contributed by atoms with van der Waals surface area (Å²) in [4.78, 5) is 11.2. The van der Waals surface area contributed by atoms with Crippen LogP contribution in [0.5, 0.6) is 0 Å². The number of hydrogen-bond acceptors (Lipinski definition) is 4. The van der Waals surface area contributed by atoms with E-state index in [0.29, 0.717) is 12.1 Å². The predicted molar refractivity (Wildman–Crippen MR) is 143 cm³/mol. The summed E-state index contributed by atoms with van der Waals surface area (Å²) in [5, 5.41) is 9.43. The average Bonchev–Trinajstić information content (AvgIpc) is 3.23. The van der Waals surface area contributed by atoms with Crippen molar-refractivity contribution in [2.24, 2.45) is 4.99 Å². The lowest BCUT2D eigenvalue weighted by atomic mass is 9.97. The molecule has 2 unspecified atom stereocenters. The molecule has 170 valence electrons. The summed E-state index contributed by atoms with van der Waals surface area (Å²) in [7, 11) is 1.88. The fourth-order valence-corrected chi connectivity index (χ4v) is 5.51. The van der Waals surface area contributed by atoms with Gasteiger partial charge in [-0.05, 0) is 48.8 Å². The molecule has 0 radical (unpaired) electrons. The molecule has 0 amide bonds. The highest BCUT2D eigenvalue weighted by Gasteiger charge is 2.26. The Labute approximate surface area is 208 Å². The molecule has 4 rings (SSSR count). The third-order valence-electron chi connectivity index (χ3n) is 6.41. The average molecular weight is 554 g/mol. The SMILES string of the molecule is CN=C(NCCN1CCc2sccc2C1)NC1CCN(Cc2ccccc2)C(C)C1.I. The van der Waals surface area contributed by atoms with Gasteiger partial charge >= 0.3 is 0 Å². The molecule has 1 fully saturated rings. The molecule has 7 heteroatoms. The number of nitrogens with one attached hydrogen (secondary N) is 2. The molecule has 31 heavy (non-hydrogen) atoms.